The number of aromatic hydroxyl groups is 1. The van der Waals surface area contributed by atoms with Gasteiger partial charge in [-0.25, -0.2) is 4.98 Å². The van der Waals surface area contributed by atoms with E-state index in [-0.39, 0.29) is 16.8 Å². The summed E-state index contributed by atoms with van der Waals surface area (Å²) in [6.45, 7) is 8.95. The highest BCUT2D eigenvalue weighted by Crippen LogP contribution is 2.34. The number of nitrogens with zero attached hydrogens (tertiary/aromatic N) is 5. The molecule has 0 radical (unpaired) electrons. The molecule has 7 nitrogen and oxygen atoms in total. The van der Waals surface area contributed by atoms with Crippen LogP contribution in [0.15, 0.2) is 48.9 Å². The molecule has 2 N–H and O–H groups in total. The molecule has 1 aromatic carbocycles. The summed E-state index contributed by atoms with van der Waals surface area (Å²) >= 11 is 0. The molecule has 7 heteroatoms. The number of rotatable bonds is 4. The molecule has 3 heterocycles. The Labute approximate surface area is 183 Å². The van der Waals surface area contributed by atoms with Crippen LogP contribution in [-0.2, 0) is 0 Å². The van der Waals surface area contributed by atoms with Crippen molar-refractivity contribution in [3.05, 3.63) is 48.9 Å². The summed E-state index contributed by atoms with van der Waals surface area (Å²) in [5.74, 6) is 1.26. The standard InChI is InChI=1S/C24H30N6O/c1-23(2)13-18(14-24(3,4)29-23)30(5)21-15-26-22(28-27-21)19-7-6-17(12-20(19)31)16-8-10-25-11-9-16/h6-12,15,18,29,31H,13-14H2,1-5H3. The van der Waals surface area contributed by atoms with E-state index in [1.807, 2.05) is 24.3 Å². The van der Waals surface area contributed by atoms with Gasteiger partial charge >= 0.3 is 0 Å². The summed E-state index contributed by atoms with van der Waals surface area (Å²) in [4.78, 5) is 10.7. The minimum Gasteiger partial charge on any atom is -0.507 e. The van der Waals surface area contributed by atoms with Crippen LogP contribution in [0.1, 0.15) is 40.5 Å². The second-order valence-corrected chi connectivity index (χ2v) is 9.67. The van der Waals surface area contributed by atoms with Crippen molar-refractivity contribution in [3.8, 4) is 28.3 Å². The highest BCUT2D eigenvalue weighted by Gasteiger charge is 2.39. The minimum absolute atomic E-state index is 0.0455. The summed E-state index contributed by atoms with van der Waals surface area (Å²) in [5, 5.41) is 23.0. The van der Waals surface area contributed by atoms with Crippen LogP contribution in [0, 0.1) is 0 Å². The van der Waals surface area contributed by atoms with Gasteiger partial charge in [0.25, 0.3) is 0 Å². The first kappa shape index (κ1) is 21.2. The molecule has 3 aromatic rings. The highest BCUT2D eigenvalue weighted by atomic mass is 16.3. The third-order valence-corrected chi connectivity index (χ3v) is 5.88. The van der Waals surface area contributed by atoms with Gasteiger partial charge < -0.3 is 15.3 Å². The van der Waals surface area contributed by atoms with Gasteiger partial charge in [-0.1, -0.05) is 6.07 Å². The summed E-state index contributed by atoms with van der Waals surface area (Å²) in [5.41, 5.74) is 2.54. The molecule has 162 valence electrons. The van der Waals surface area contributed by atoms with Crippen molar-refractivity contribution < 1.29 is 5.11 Å². The maximum atomic E-state index is 10.6. The largest absolute Gasteiger partial charge is 0.507 e. The number of benzene rings is 1. The molecule has 0 amide bonds. The van der Waals surface area contributed by atoms with E-state index in [9.17, 15) is 5.11 Å². The van der Waals surface area contributed by atoms with Gasteiger partial charge in [0.15, 0.2) is 11.6 Å². The molecule has 4 rings (SSSR count). The Morgan fingerprint density at radius 1 is 0.968 bits per heavy atom. The van der Waals surface area contributed by atoms with Gasteiger partial charge in [0.05, 0.1) is 11.8 Å². The molecular formula is C24H30N6O. The molecule has 0 saturated carbocycles. The van der Waals surface area contributed by atoms with E-state index in [1.165, 1.54) is 0 Å². The van der Waals surface area contributed by atoms with Crippen molar-refractivity contribution in [2.24, 2.45) is 0 Å². The van der Waals surface area contributed by atoms with E-state index in [2.05, 4.69) is 65.1 Å². The molecule has 0 aliphatic carbocycles. The van der Waals surface area contributed by atoms with E-state index in [1.54, 1.807) is 24.7 Å². The monoisotopic (exact) mass is 418 g/mol. The number of anilines is 1. The molecule has 2 aromatic heterocycles. The number of pyridine rings is 1. The van der Waals surface area contributed by atoms with Gasteiger partial charge in [-0.3, -0.25) is 4.98 Å². The molecule has 1 aliphatic rings. The maximum absolute atomic E-state index is 10.6. The SMILES string of the molecule is CN(c1cnc(-c2ccc(-c3ccncc3)cc2O)nn1)C1CC(C)(C)NC(C)(C)C1. The van der Waals surface area contributed by atoms with Gasteiger partial charge in [-0.05, 0) is 75.9 Å². The van der Waals surface area contributed by atoms with Crippen molar-refractivity contribution in [3.63, 3.8) is 0 Å². The predicted octanol–water partition coefficient (Wildman–Crippen LogP) is 4.05. The second-order valence-electron chi connectivity index (χ2n) is 9.67. The van der Waals surface area contributed by atoms with Gasteiger partial charge in [0, 0.05) is 36.6 Å². The Kier molecular flexibility index (Phi) is 5.39. The summed E-state index contributed by atoms with van der Waals surface area (Å²) < 4.78 is 0. The van der Waals surface area contributed by atoms with Crippen molar-refractivity contribution in [1.29, 1.82) is 0 Å². The fourth-order valence-corrected chi connectivity index (χ4v) is 4.73. The quantitative estimate of drug-likeness (QED) is 0.661. The molecule has 0 spiro atoms. The molecule has 1 aliphatic heterocycles. The number of aromatic nitrogens is 4. The van der Waals surface area contributed by atoms with Gasteiger partial charge in [0.2, 0.25) is 0 Å². The van der Waals surface area contributed by atoms with Crippen molar-refractivity contribution in [2.75, 3.05) is 11.9 Å². The highest BCUT2D eigenvalue weighted by molar-refractivity contribution is 5.72. The van der Waals surface area contributed by atoms with Gasteiger partial charge in [0.1, 0.15) is 5.75 Å². The lowest BCUT2D eigenvalue weighted by atomic mass is 9.79. The number of hydrogen-bond donors (Lipinski definition) is 2. The normalized spacial score (nSPS) is 18.0. The zero-order chi connectivity index (χ0) is 22.2. The Bertz CT molecular complexity index is 1030. The predicted molar refractivity (Wildman–Crippen MR) is 123 cm³/mol. The third kappa shape index (κ3) is 4.66. The second kappa shape index (κ2) is 7.89. The molecule has 0 atom stereocenters. The molecule has 1 saturated heterocycles. The van der Waals surface area contributed by atoms with E-state index in [0.29, 0.717) is 17.4 Å². The average molecular weight is 419 g/mol. The van der Waals surface area contributed by atoms with Crippen LogP contribution in [0.3, 0.4) is 0 Å². The lowest BCUT2D eigenvalue weighted by Gasteiger charge is -2.49. The number of hydrogen-bond acceptors (Lipinski definition) is 7. The van der Waals surface area contributed by atoms with E-state index < -0.39 is 0 Å². The first-order chi connectivity index (χ1) is 14.6. The fourth-order valence-electron chi connectivity index (χ4n) is 4.73. The number of phenols is 1. The first-order valence-electron chi connectivity index (χ1n) is 10.6. The average Bonchev–Trinajstić information content (AvgIpc) is 2.72. The van der Waals surface area contributed by atoms with Gasteiger partial charge in [-0.2, -0.15) is 0 Å². The minimum atomic E-state index is 0.0455. The van der Waals surface area contributed by atoms with E-state index in [4.69, 9.17) is 0 Å². The Hall–Kier alpha value is -3.06. The first-order valence-corrected chi connectivity index (χ1v) is 10.6. The topological polar surface area (TPSA) is 87.1 Å². The van der Waals surface area contributed by atoms with Crippen LogP contribution < -0.4 is 10.2 Å². The molecule has 31 heavy (non-hydrogen) atoms. The van der Waals surface area contributed by atoms with Crippen LogP contribution in [0.4, 0.5) is 5.82 Å². The Morgan fingerprint density at radius 3 is 2.23 bits per heavy atom. The van der Waals surface area contributed by atoms with Crippen LogP contribution >= 0.6 is 0 Å². The number of nitrogens with one attached hydrogen (secondary N) is 1. The third-order valence-electron chi connectivity index (χ3n) is 5.88. The summed E-state index contributed by atoms with van der Waals surface area (Å²) in [6, 6.07) is 9.62. The fraction of sp³-hybridized carbons (Fsp3) is 0.417. The lowest BCUT2D eigenvalue weighted by Crippen LogP contribution is -2.62. The molecule has 1 fully saturated rings. The zero-order valence-electron chi connectivity index (χ0n) is 18.8. The molecule has 0 bridgehead atoms. The Balaban J connectivity index is 1.54. The Morgan fingerprint density at radius 2 is 1.65 bits per heavy atom. The smallest absolute Gasteiger partial charge is 0.185 e. The number of piperidine rings is 1. The van der Waals surface area contributed by atoms with Crippen molar-refractivity contribution in [2.45, 2.75) is 57.7 Å². The summed E-state index contributed by atoms with van der Waals surface area (Å²) in [7, 11) is 2.05. The maximum Gasteiger partial charge on any atom is 0.185 e. The molecular weight excluding hydrogens is 388 g/mol. The van der Waals surface area contributed by atoms with Crippen LogP contribution in [-0.4, -0.2) is 49.4 Å². The summed E-state index contributed by atoms with van der Waals surface area (Å²) in [6.07, 6.45) is 7.21. The van der Waals surface area contributed by atoms with Crippen LogP contribution in [0.5, 0.6) is 5.75 Å². The lowest BCUT2D eigenvalue weighted by molar-refractivity contribution is 0.160. The van der Waals surface area contributed by atoms with Crippen molar-refractivity contribution >= 4 is 5.82 Å². The van der Waals surface area contributed by atoms with E-state index in [0.717, 1.165) is 29.8 Å². The van der Waals surface area contributed by atoms with Gasteiger partial charge in [-0.15, -0.1) is 10.2 Å². The molecule has 0 unspecified atom stereocenters. The van der Waals surface area contributed by atoms with Crippen molar-refractivity contribution in [1.82, 2.24) is 25.5 Å². The van der Waals surface area contributed by atoms with Crippen LogP contribution in [0.25, 0.3) is 22.5 Å². The number of phenolic OH excluding ortho intramolecular Hbond substituents is 1. The van der Waals surface area contributed by atoms with E-state index >= 15 is 0 Å². The zero-order valence-corrected chi connectivity index (χ0v) is 18.8. The van der Waals surface area contributed by atoms with Crippen LogP contribution in [0.2, 0.25) is 0 Å².